The second kappa shape index (κ2) is 5.25. The number of hydrogen-bond acceptors (Lipinski definition) is 4. The zero-order valence-corrected chi connectivity index (χ0v) is 11.3. The van der Waals surface area contributed by atoms with Gasteiger partial charge in [-0.2, -0.15) is 13.2 Å². The molecule has 4 nitrogen and oxygen atoms in total. The van der Waals surface area contributed by atoms with Crippen LogP contribution in [0.1, 0.15) is 12.8 Å². The van der Waals surface area contributed by atoms with Crippen LogP contribution >= 0.6 is 0 Å². The number of rotatable bonds is 5. The number of anilines is 1. The van der Waals surface area contributed by atoms with E-state index in [-0.39, 0.29) is 12.6 Å². The third kappa shape index (κ3) is 2.90. The molecule has 0 spiro atoms. The third-order valence-electron chi connectivity index (χ3n) is 3.11. The van der Waals surface area contributed by atoms with Gasteiger partial charge in [-0.25, -0.2) is 8.42 Å². The van der Waals surface area contributed by atoms with Gasteiger partial charge in [0.05, 0.1) is 11.5 Å². The first-order chi connectivity index (χ1) is 9.27. The molecule has 20 heavy (non-hydrogen) atoms. The van der Waals surface area contributed by atoms with E-state index in [4.69, 9.17) is 5.11 Å². The van der Waals surface area contributed by atoms with Gasteiger partial charge in [0.25, 0.3) is 9.84 Å². The lowest BCUT2D eigenvalue weighted by Gasteiger charge is -2.23. The lowest BCUT2D eigenvalue weighted by Crippen LogP contribution is -2.29. The summed E-state index contributed by atoms with van der Waals surface area (Å²) in [5.74, 6) is 0. The van der Waals surface area contributed by atoms with Gasteiger partial charge in [0, 0.05) is 18.3 Å². The lowest BCUT2D eigenvalue weighted by atomic mass is 10.3. The minimum absolute atomic E-state index is 0.0703. The maximum atomic E-state index is 12.4. The number of nitrogens with zero attached hydrogens (tertiary/aromatic N) is 1. The summed E-state index contributed by atoms with van der Waals surface area (Å²) in [5.41, 5.74) is -4.68. The van der Waals surface area contributed by atoms with Crippen LogP contribution in [0.15, 0.2) is 29.2 Å². The first kappa shape index (κ1) is 15.1. The minimum Gasteiger partial charge on any atom is -0.395 e. The fourth-order valence-corrected chi connectivity index (χ4v) is 2.73. The van der Waals surface area contributed by atoms with E-state index in [9.17, 15) is 21.6 Å². The topological polar surface area (TPSA) is 57.6 Å². The van der Waals surface area contributed by atoms with Crippen molar-refractivity contribution in [3.8, 4) is 0 Å². The number of halogens is 3. The largest absolute Gasteiger partial charge is 0.501 e. The van der Waals surface area contributed by atoms with E-state index < -0.39 is 20.2 Å². The van der Waals surface area contributed by atoms with Gasteiger partial charge < -0.3 is 10.0 Å². The monoisotopic (exact) mass is 309 g/mol. The van der Waals surface area contributed by atoms with Gasteiger partial charge in [0.1, 0.15) is 0 Å². The van der Waals surface area contributed by atoms with Crippen molar-refractivity contribution in [1.82, 2.24) is 0 Å². The molecule has 0 saturated heterocycles. The molecule has 2 rings (SSSR count). The van der Waals surface area contributed by atoms with Gasteiger partial charge in [0.2, 0.25) is 0 Å². The van der Waals surface area contributed by atoms with Crippen molar-refractivity contribution in [2.24, 2.45) is 0 Å². The van der Waals surface area contributed by atoms with Crippen LogP contribution in [0.25, 0.3) is 0 Å². The molecule has 0 amide bonds. The Morgan fingerprint density at radius 1 is 1.20 bits per heavy atom. The van der Waals surface area contributed by atoms with Gasteiger partial charge in [-0.15, -0.1) is 0 Å². The van der Waals surface area contributed by atoms with Crippen molar-refractivity contribution in [3.63, 3.8) is 0 Å². The standard InChI is InChI=1S/C12H14F3NO3S/c13-12(14,15)20(18,19)11-5-3-10(4-6-11)16(7-8-17)9-1-2-9/h3-6,9,17H,1-2,7-8H2. The second-order valence-corrected chi connectivity index (χ2v) is 6.53. The molecule has 1 saturated carbocycles. The molecule has 0 radical (unpaired) electrons. The van der Waals surface area contributed by atoms with Gasteiger partial charge >= 0.3 is 5.51 Å². The SMILES string of the molecule is O=S(=O)(c1ccc(N(CCO)C2CC2)cc1)C(F)(F)F. The summed E-state index contributed by atoms with van der Waals surface area (Å²) in [6.45, 7) is 0.301. The van der Waals surface area contributed by atoms with E-state index in [0.29, 0.717) is 12.2 Å². The molecule has 0 aliphatic heterocycles. The number of aliphatic hydroxyl groups is 1. The van der Waals surface area contributed by atoms with E-state index in [2.05, 4.69) is 0 Å². The van der Waals surface area contributed by atoms with E-state index >= 15 is 0 Å². The van der Waals surface area contributed by atoms with Gasteiger partial charge in [-0.05, 0) is 37.1 Å². The maximum absolute atomic E-state index is 12.4. The van der Waals surface area contributed by atoms with Gasteiger partial charge in [-0.1, -0.05) is 0 Å². The number of hydrogen-bond donors (Lipinski definition) is 1. The summed E-state index contributed by atoms with van der Waals surface area (Å²) >= 11 is 0. The molecular formula is C12H14F3NO3S. The summed E-state index contributed by atoms with van der Waals surface area (Å²) in [6.07, 6.45) is 1.92. The van der Waals surface area contributed by atoms with Crippen molar-refractivity contribution in [2.75, 3.05) is 18.1 Å². The number of sulfone groups is 1. The molecule has 0 unspecified atom stereocenters. The molecule has 1 aromatic rings. The Hall–Kier alpha value is -1.28. The van der Waals surface area contributed by atoms with E-state index in [0.717, 1.165) is 25.0 Å². The molecule has 1 fully saturated rings. The smallest absolute Gasteiger partial charge is 0.395 e. The van der Waals surface area contributed by atoms with Crippen molar-refractivity contribution in [2.45, 2.75) is 29.3 Å². The molecule has 1 aliphatic carbocycles. The highest BCUT2D eigenvalue weighted by Gasteiger charge is 2.46. The molecule has 1 N–H and O–H groups in total. The Balaban J connectivity index is 2.26. The molecule has 0 aromatic heterocycles. The van der Waals surface area contributed by atoms with Gasteiger partial charge in [-0.3, -0.25) is 0 Å². The number of aliphatic hydroxyl groups excluding tert-OH is 1. The first-order valence-corrected chi connectivity index (χ1v) is 7.54. The fraction of sp³-hybridized carbons (Fsp3) is 0.500. The van der Waals surface area contributed by atoms with Crippen LogP contribution in [-0.4, -0.2) is 38.2 Å². The Morgan fingerprint density at radius 3 is 2.15 bits per heavy atom. The van der Waals surface area contributed by atoms with E-state index in [1.807, 2.05) is 4.90 Å². The normalized spacial score (nSPS) is 16.2. The Labute approximate surface area is 114 Å². The van der Waals surface area contributed by atoms with Crippen LogP contribution in [-0.2, 0) is 9.84 Å². The molecule has 1 aromatic carbocycles. The highest BCUT2D eigenvalue weighted by atomic mass is 32.2. The minimum atomic E-state index is -5.30. The highest BCUT2D eigenvalue weighted by molar-refractivity contribution is 7.92. The summed E-state index contributed by atoms with van der Waals surface area (Å²) < 4.78 is 59.7. The quantitative estimate of drug-likeness (QED) is 0.903. The molecule has 0 bridgehead atoms. The summed E-state index contributed by atoms with van der Waals surface area (Å²) in [5, 5.41) is 8.98. The maximum Gasteiger partial charge on any atom is 0.501 e. The fourth-order valence-electron chi connectivity index (χ4n) is 1.97. The van der Waals surface area contributed by atoms with Crippen LogP contribution in [0.2, 0.25) is 0 Å². The van der Waals surface area contributed by atoms with Crippen molar-refractivity contribution >= 4 is 15.5 Å². The van der Waals surface area contributed by atoms with E-state index in [1.54, 1.807) is 0 Å². The molecule has 1 aliphatic rings. The van der Waals surface area contributed by atoms with Crippen LogP contribution in [0, 0.1) is 0 Å². The van der Waals surface area contributed by atoms with E-state index in [1.165, 1.54) is 12.1 Å². The lowest BCUT2D eigenvalue weighted by molar-refractivity contribution is -0.0436. The predicted molar refractivity (Wildman–Crippen MR) is 67.1 cm³/mol. The first-order valence-electron chi connectivity index (χ1n) is 6.06. The predicted octanol–water partition coefficient (Wildman–Crippen LogP) is 1.94. The summed E-state index contributed by atoms with van der Waals surface area (Å²) in [4.78, 5) is 1.10. The van der Waals surface area contributed by atoms with Crippen LogP contribution in [0.4, 0.5) is 18.9 Å². The second-order valence-electron chi connectivity index (χ2n) is 4.59. The molecule has 112 valence electrons. The Kier molecular flexibility index (Phi) is 3.97. The molecule has 8 heteroatoms. The summed E-state index contributed by atoms with van der Waals surface area (Å²) in [6, 6.07) is 4.85. The highest BCUT2D eigenvalue weighted by Crippen LogP contribution is 2.34. The van der Waals surface area contributed by atoms with Crippen LogP contribution < -0.4 is 4.90 Å². The average Bonchev–Trinajstić information content (AvgIpc) is 3.19. The molecule has 0 heterocycles. The zero-order valence-electron chi connectivity index (χ0n) is 10.5. The molecular weight excluding hydrogens is 295 g/mol. The number of benzene rings is 1. The third-order valence-corrected chi connectivity index (χ3v) is 4.61. The van der Waals surface area contributed by atoms with Crippen molar-refractivity contribution < 1.29 is 26.7 Å². The zero-order chi connectivity index (χ0) is 15.0. The van der Waals surface area contributed by atoms with Crippen LogP contribution in [0.3, 0.4) is 0 Å². The van der Waals surface area contributed by atoms with Gasteiger partial charge in [0.15, 0.2) is 0 Å². The number of alkyl halides is 3. The van der Waals surface area contributed by atoms with Crippen LogP contribution in [0.5, 0.6) is 0 Å². The summed E-state index contributed by atoms with van der Waals surface area (Å²) in [7, 11) is -5.30. The van der Waals surface area contributed by atoms with Crippen molar-refractivity contribution in [1.29, 1.82) is 0 Å². The average molecular weight is 309 g/mol. The Morgan fingerprint density at radius 2 is 1.75 bits per heavy atom. The molecule has 0 atom stereocenters. The Bertz CT molecular complexity index is 565. The van der Waals surface area contributed by atoms with Crippen molar-refractivity contribution in [3.05, 3.63) is 24.3 Å².